The Bertz CT molecular complexity index is 693. The SMILES string of the molecule is Cc1c(CNOCc2ccccc2)n(C)c2ccccc12. The Hall–Kier alpha value is -2.10. The molecule has 3 nitrogen and oxygen atoms in total. The molecule has 0 aliphatic rings. The average molecular weight is 280 g/mol. The Kier molecular flexibility index (Phi) is 4.04. The van der Waals surface area contributed by atoms with Crippen molar-refractivity contribution in [3.05, 3.63) is 71.4 Å². The highest BCUT2D eigenvalue weighted by Crippen LogP contribution is 2.24. The normalized spacial score (nSPS) is 11.1. The highest BCUT2D eigenvalue weighted by Gasteiger charge is 2.10. The lowest BCUT2D eigenvalue weighted by Gasteiger charge is -2.08. The number of rotatable bonds is 5. The number of hydrogen-bond acceptors (Lipinski definition) is 2. The number of nitrogens with one attached hydrogen (secondary N) is 1. The van der Waals surface area contributed by atoms with E-state index < -0.39 is 0 Å². The van der Waals surface area contributed by atoms with Crippen LogP contribution in [0.25, 0.3) is 10.9 Å². The van der Waals surface area contributed by atoms with Crippen LogP contribution in [0.3, 0.4) is 0 Å². The Morgan fingerprint density at radius 1 is 1.00 bits per heavy atom. The Labute approximate surface area is 125 Å². The van der Waals surface area contributed by atoms with Crippen molar-refractivity contribution in [1.82, 2.24) is 10.0 Å². The number of hydroxylamine groups is 1. The summed E-state index contributed by atoms with van der Waals surface area (Å²) in [6.07, 6.45) is 0. The molecule has 3 heteroatoms. The molecule has 0 atom stereocenters. The van der Waals surface area contributed by atoms with Crippen molar-refractivity contribution in [2.24, 2.45) is 7.05 Å². The Morgan fingerprint density at radius 3 is 2.48 bits per heavy atom. The molecule has 2 aromatic carbocycles. The van der Waals surface area contributed by atoms with E-state index >= 15 is 0 Å². The maximum Gasteiger partial charge on any atom is 0.0933 e. The van der Waals surface area contributed by atoms with Crippen LogP contribution >= 0.6 is 0 Å². The van der Waals surface area contributed by atoms with Crippen LogP contribution in [0.4, 0.5) is 0 Å². The number of benzene rings is 2. The first-order valence-corrected chi connectivity index (χ1v) is 7.19. The number of fused-ring (bicyclic) bond motifs is 1. The van der Waals surface area contributed by atoms with Crippen molar-refractivity contribution in [2.75, 3.05) is 0 Å². The van der Waals surface area contributed by atoms with Gasteiger partial charge < -0.3 is 4.57 Å². The summed E-state index contributed by atoms with van der Waals surface area (Å²) in [4.78, 5) is 5.57. The summed E-state index contributed by atoms with van der Waals surface area (Å²) < 4.78 is 2.23. The molecule has 0 aliphatic heterocycles. The minimum Gasteiger partial charge on any atom is -0.346 e. The van der Waals surface area contributed by atoms with Crippen LogP contribution in [-0.4, -0.2) is 4.57 Å². The van der Waals surface area contributed by atoms with Crippen LogP contribution in [0, 0.1) is 6.92 Å². The van der Waals surface area contributed by atoms with E-state index in [1.54, 1.807) is 0 Å². The molecule has 0 spiro atoms. The first-order valence-electron chi connectivity index (χ1n) is 7.19. The number of para-hydroxylation sites is 1. The van der Waals surface area contributed by atoms with Gasteiger partial charge in [-0.3, -0.25) is 4.84 Å². The molecular formula is C18H20N2O. The van der Waals surface area contributed by atoms with Crippen molar-refractivity contribution in [2.45, 2.75) is 20.1 Å². The monoisotopic (exact) mass is 280 g/mol. The minimum atomic E-state index is 0.573. The summed E-state index contributed by atoms with van der Waals surface area (Å²) in [7, 11) is 2.10. The zero-order valence-electron chi connectivity index (χ0n) is 12.5. The smallest absolute Gasteiger partial charge is 0.0933 e. The molecule has 0 fully saturated rings. The largest absolute Gasteiger partial charge is 0.346 e. The van der Waals surface area contributed by atoms with Crippen molar-refractivity contribution in [3.8, 4) is 0 Å². The second-order valence-corrected chi connectivity index (χ2v) is 5.24. The van der Waals surface area contributed by atoms with Crippen LogP contribution < -0.4 is 5.48 Å². The minimum absolute atomic E-state index is 0.573. The van der Waals surface area contributed by atoms with Gasteiger partial charge in [0.05, 0.1) is 13.2 Å². The molecular weight excluding hydrogens is 260 g/mol. The maximum atomic E-state index is 5.57. The van der Waals surface area contributed by atoms with Crippen LogP contribution in [-0.2, 0) is 25.0 Å². The van der Waals surface area contributed by atoms with Crippen LogP contribution in [0.5, 0.6) is 0 Å². The van der Waals surface area contributed by atoms with Gasteiger partial charge in [-0.15, -0.1) is 0 Å². The van der Waals surface area contributed by atoms with Gasteiger partial charge >= 0.3 is 0 Å². The average Bonchev–Trinajstić information content (AvgIpc) is 2.77. The van der Waals surface area contributed by atoms with E-state index in [4.69, 9.17) is 4.84 Å². The number of aryl methyl sites for hydroxylation is 2. The molecule has 0 bridgehead atoms. The Morgan fingerprint density at radius 2 is 1.71 bits per heavy atom. The fourth-order valence-electron chi connectivity index (χ4n) is 2.71. The van der Waals surface area contributed by atoms with Crippen LogP contribution in [0.2, 0.25) is 0 Å². The lowest BCUT2D eigenvalue weighted by Crippen LogP contribution is -2.16. The lowest BCUT2D eigenvalue weighted by atomic mass is 10.1. The number of nitrogens with zero attached hydrogens (tertiary/aromatic N) is 1. The highest BCUT2D eigenvalue weighted by atomic mass is 16.6. The van der Waals surface area contributed by atoms with Gasteiger partial charge in [0.25, 0.3) is 0 Å². The highest BCUT2D eigenvalue weighted by molar-refractivity contribution is 5.85. The predicted molar refractivity (Wildman–Crippen MR) is 85.7 cm³/mol. The van der Waals surface area contributed by atoms with Crippen molar-refractivity contribution in [3.63, 3.8) is 0 Å². The molecule has 0 saturated heterocycles. The summed E-state index contributed by atoms with van der Waals surface area (Å²) in [5, 5.41) is 1.31. The van der Waals surface area contributed by atoms with E-state index in [2.05, 4.69) is 60.4 Å². The summed E-state index contributed by atoms with van der Waals surface area (Å²) in [5.41, 5.74) is 8.06. The molecule has 3 aromatic rings. The summed E-state index contributed by atoms with van der Waals surface area (Å²) in [6, 6.07) is 18.6. The summed E-state index contributed by atoms with van der Waals surface area (Å²) >= 11 is 0. The van der Waals surface area contributed by atoms with E-state index in [1.807, 2.05) is 18.2 Å². The molecule has 0 amide bonds. The third-order valence-electron chi connectivity index (χ3n) is 3.93. The molecule has 1 aromatic heterocycles. The van der Waals surface area contributed by atoms with E-state index in [0.717, 1.165) is 0 Å². The standard InChI is InChI=1S/C18H20N2O/c1-14-16-10-6-7-11-17(16)20(2)18(14)12-19-21-13-15-8-4-3-5-9-15/h3-11,19H,12-13H2,1-2H3. The molecule has 108 valence electrons. The fraction of sp³-hybridized carbons (Fsp3) is 0.222. The molecule has 1 N–H and O–H groups in total. The molecule has 0 aliphatic carbocycles. The van der Waals surface area contributed by atoms with Gasteiger partial charge in [0, 0.05) is 23.6 Å². The van der Waals surface area contributed by atoms with Gasteiger partial charge in [-0.1, -0.05) is 48.5 Å². The molecule has 0 unspecified atom stereocenters. The van der Waals surface area contributed by atoms with E-state index in [0.29, 0.717) is 13.2 Å². The zero-order valence-corrected chi connectivity index (χ0v) is 12.5. The van der Waals surface area contributed by atoms with Crippen LogP contribution in [0.15, 0.2) is 54.6 Å². The summed E-state index contributed by atoms with van der Waals surface area (Å²) in [5.74, 6) is 0. The molecule has 0 radical (unpaired) electrons. The van der Waals surface area contributed by atoms with Crippen molar-refractivity contribution in [1.29, 1.82) is 0 Å². The first-order chi connectivity index (χ1) is 10.3. The predicted octanol–water partition coefficient (Wildman–Crippen LogP) is 3.71. The summed E-state index contributed by atoms with van der Waals surface area (Å²) in [6.45, 7) is 3.43. The molecule has 0 saturated carbocycles. The number of hydrogen-bond donors (Lipinski definition) is 1. The van der Waals surface area contributed by atoms with Gasteiger partial charge in [-0.2, -0.15) is 5.48 Å². The third kappa shape index (κ3) is 2.84. The second kappa shape index (κ2) is 6.12. The topological polar surface area (TPSA) is 26.2 Å². The van der Waals surface area contributed by atoms with Gasteiger partial charge in [0.1, 0.15) is 0 Å². The second-order valence-electron chi connectivity index (χ2n) is 5.24. The molecule has 21 heavy (non-hydrogen) atoms. The van der Waals surface area contributed by atoms with E-state index in [-0.39, 0.29) is 0 Å². The first kappa shape index (κ1) is 13.9. The van der Waals surface area contributed by atoms with Gasteiger partial charge in [-0.05, 0) is 24.1 Å². The lowest BCUT2D eigenvalue weighted by molar-refractivity contribution is 0.0224. The Balaban J connectivity index is 1.66. The quantitative estimate of drug-likeness (QED) is 0.569. The van der Waals surface area contributed by atoms with E-state index in [9.17, 15) is 0 Å². The van der Waals surface area contributed by atoms with Crippen molar-refractivity contribution < 1.29 is 4.84 Å². The van der Waals surface area contributed by atoms with Crippen LogP contribution in [0.1, 0.15) is 16.8 Å². The maximum absolute atomic E-state index is 5.57. The van der Waals surface area contributed by atoms with Crippen molar-refractivity contribution >= 4 is 10.9 Å². The van der Waals surface area contributed by atoms with E-state index in [1.165, 1.54) is 27.7 Å². The van der Waals surface area contributed by atoms with Gasteiger partial charge in [0.15, 0.2) is 0 Å². The molecule has 3 rings (SSSR count). The van der Waals surface area contributed by atoms with Gasteiger partial charge in [-0.25, -0.2) is 0 Å². The number of aromatic nitrogens is 1. The zero-order chi connectivity index (χ0) is 14.7. The van der Waals surface area contributed by atoms with Gasteiger partial charge in [0.2, 0.25) is 0 Å². The fourth-order valence-corrected chi connectivity index (χ4v) is 2.71. The third-order valence-corrected chi connectivity index (χ3v) is 3.93. The molecule has 1 heterocycles.